The van der Waals surface area contributed by atoms with Crippen molar-refractivity contribution >= 4 is 18.3 Å². The van der Waals surface area contributed by atoms with Crippen LogP contribution in [0.15, 0.2) is 18.2 Å². The molecule has 1 fully saturated rings. The molecule has 2 N–H and O–H groups in total. The van der Waals surface area contributed by atoms with Gasteiger partial charge in [0.2, 0.25) is 5.91 Å². The van der Waals surface area contributed by atoms with Gasteiger partial charge in [0.1, 0.15) is 11.6 Å². The monoisotopic (exact) mass is 350 g/mol. The number of amides is 1. The lowest BCUT2D eigenvalue weighted by Crippen LogP contribution is -2.42. The average molecular weight is 351 g/mol. The maximum Gasteiger partial charge on any atom is 0.262 e. The topological polar surface area (TPSA) is 50.4 Å². The number of rotatable bonds is 2. The summed E-state index contributed by atoms with van der Waals surface area (Å²) in [5.74, 6) is -3.33. The zero-order valence-electron chi connectivity index (χ0n) is 12.3. The molecule has 1 amide bonds. The predicted octanol–water partition coefficient (Wildman–Crippen LogP) is 2.57. The van der Waals surface area contributed by atoms with Crippen molar-refractivity contribution in [3.05, 3.63) is 29.6 Å². The average Bonchev–Trinajstić information content (AvgIpc) is 2.71. The maximum atomic E-state index is 13.3. The molecule has 1 saturated heterocycles. The number of hydrogen-bond donors (Lipinski definition) is 2. The standard InChI is InChI=1S/C15H17F3N2O2.ClH/c16-9-3-4-10-11(2-1-5-22-13(10)6-9)20-14(21)12-7-15(17,18)8-19-12;/h3-4,6,11-12,19H,1-2,5,7-8H2,(H,20,21);1H. The van der Waals surface area contributed by atoms with E-state index in [-0.39, 0.29) is 18.4 Å². The molecule has 8 heteroatoms. The molecule has 2 heterocycles. The minimum atomic E-state index is -2.85. The Balaban J connectivity index is 0.00000192. The van der Waals surface area contributed by atoms with Crippen LogP contribution in [-0.2, 0) is 4.79 Å². The molecule has 4 nitrogen and oxygen atoms in total. The molecule has 0 aromatic heterocycles. The van der Waals surface area contributed by atoms with Crippen molar-refractivity contribution in [2.24, 2.45) is 0 Å². The second kappa shape index (κ2) is 6.97. The summed E-state index contributed by atoms with van der Waals surface area (Å²) >= 11 is 0. The van der Waals surface area contributed by atoms with E-state index in [1.165, 1.54) is 12.1 Å². The molecule has 0 aliphatic carbocycles. The normalized spacial score (nSPS) is 25.5. The summed E-state index contributed by atoms with van der Waals surface area (Å²) in [6.45, 7) is -0.0523. The molecule has 1 aromatic rings. The second-order valence-electron chi connectivity index (χ2n) is 5.73. The molecule has 1 aromatic carbocycles. The van der Waals surface area contributed by atoms with Gasteiger partial charge in [0, 0.05) is 18.1 Å². The number of halogens is 4. The van der Waals surface area contributed by atoms with Crippen molar-refractivity contribution in [1.29, 1.82) is 0 Å². The van der Waals surface area contributed by atoms with E-state index in [2.05, 4.69) is 10.6 Å². The zero-order valence-corrected chi connectivity index (χ0v) is 13.1. The van der Waals surface area contributed by atoms with Crippen molar-refractivity contribution in [3.63, 3.8) is 0 Å². The van der Waals surface area contributed by atoms with Gasteiger partial charge in [-0.2, -0.15) is 0 Å². The van der Waals surface area contributed by atoms with Crippen LogP contribution in [0.5, 0.6) is 5.75 Å². The van der Waals surface area contributed by atoms with Crippen LogP contribution >= 0.6 is 12.4 Å². The summed E-state index contributed by atoms with van der Waals surface area (Å²) in [5, 5.41) is 5.31. The summed E-state index contributed by atoms with van der Waals surface area (Å²) in [6.07, 6.45) is 0.807. The van der Waals surface area contributed by atoms with Crippen LogP contribution in [0.25, 0.3) is 0 Å². The number of fused-ring (bicyclic) bond motifs is 1. The van der Waals surface area contributed by atoms with Crippen LogP contribution in [-0.4, -0.2) is 31.0 Å². The first-order chi connectivity index (χ1) is 10.4. The van der Waals surface area contributed by atoms with E-state index in [9.17, 15) is 18.0 Å². The van der Waals surface area contributed by atoms with Gasteiger partial charge in [-0.3, -0.25) is 10.1 Å². The molecule has 0 spiro atoms. The number of carbonyl (C=O) groups excluding carboxylic acids is 1. The van der Waals surface area contributed by atoms with E-state index < -0.39 is 36.7 Å². The summed E-state index contributed by atoms with van der Waals surface area (Å²) in [5.41, 5.74) is 0.678. The third-order valence-corrected chi connectivity index (χ3v) is 3.99. The van der Waals surface area contributed by atoms with Crippen LogP contribution in [0, 0.1) is 5.82 Å². The SMILES string of the molecule is Cl.O=C(NC1CCCOc2cc(F)ccc21)C1CC(F)(F)CN1. The first-order valence-corrected chi connectivity index (χ1v) is 7.28. The number of benzene rings is 1. The van der Waals surface area contributed by atoms with Crippen molar-refractivity contribution in [2.75, 3.05) is 13.2 Å². The third kappa shape index (κ3) is 4.09. The van der Waals surface area contributed by atoms with E-state index in [0.717, 1.165) is 0 Å². The summed E-state index contributed by atoms with van der Waals surface area (Å²) in [4.78, 5) is 12.2. The number of carbonyl (C=O) groups is 1. The van der Waals surface area contributed by atoms with Gasteiger partial charge in [-0.1, -0.05) is 6.07 Å². The zero-order chi connectivity index (χ0) is 15.7. The molecule has 2 unspecified atom stereocenters. The minimum Gasteiger partial charge on any atom is -0.493 e. The highest BCUT2D eigenvalue weighted by Gasteiger charge is 2.42. The Kier molecular flexibility index (Phi) is 5.41. The van der Waals surface area contributed by atoms with Gasteiger partial charge < -0.3 is 10.1 Å². The van der Waals surface area contributed by atoms with E-state index in [1.54, 1.807) is 6.07 Å². The van der Waals surface area contributed by atoms with Crippen LogP contribution in [0.4, 0.5) is 13.2 Å². The van der Waals surface area contributed by atoms with Gasteiger partial charge in [0.05, 0.1) is 25.2 Å². The third-order valence-electron chi connectivity index (χ3n) is 3.99. The Bertz CT molecular complexity index is 586. The molecule has 2 aliphatic rings. The molecule has 0 bridgehead atoms. The molecule has 0 saturated carbocycles. The van der Waals surface area contributed by atoms with Gasteiger partial charge in [0.15, 0.2) is 0 Å². The lowest BCUT2D eigenvalue weighted by molar-refractivity contribution is -0.124. The van der Waals surface area contributed by atoms with Crippen LogP contribution in [0.1, 0.15) is 30.9 Å². The summed E-state index contributed by atoms with van der Waals surface area (Å²) < 4.78 is 45.1. The van der Waals surface area contributed by atoms with Crippen LogP contribution in [0.3, 0.4) is 0 Å². The van der Waals surface area contributed by atoms with Gasteiger partial charge >= 0.3 is 0 Å². The highest BCUT2D eigenvalue weighted by molar-refractivity contribution is 5.85. The summed E-state index contributed by atoms with van der Waals surface area (Å²) in [7, 11) is 0. The van der Waals surface area contributed by atoms with E-state index in [0.29, 0.717) is 30.8 Å². The fraction of sp³-hybridized carbons (Fsp3) is 0.533. The molecular weight excluding hydrogens is 333 g/mol. The Hall–Kier alpha value is -1.47. The lowest BCUT2D eigenvalue weighted by Gasteiger charge is -2.20. The molecular formula is C15H18ClF3N2O2. The fourth-order valence-electron chi connectivity index (χ4n) is 2.87. The first-order valence-electron chi connectivity index (χ1n) is 7.28. The molecule has 2 aliphatic heterocycles. The Labute approximate surface area is 138 Å². The maximum absolute atomic E-state index is 13.3. The van der Waals surface area contributed by atoms with Gasteiger partial charge in [0.25, 0.3) is 5.92 Å². The number of ether oxygens (including phenoxy) is 1. The molecule has 3 rings (SSSR count). The van der Waals surface area contributed by atoms with E-state index >= 15 is 0 Å². The van der Waals surface area contributed by atoms with Crippen molar-refractivity contribution in [2.45, 2.75) is 37.3 Å². The Morgan fingerprint density at radius 1 is 1.39 bits per heavy atom. The quantitative estimate of drug-likeness (QED) is 0.862. The Morgan fingerprint density at radius 3 is 2.87 bits per heavy atom. The highest BCUT2D eigenvalue weighted by atomic mass is 35.5. The van der Waals surface area contributed by atoms with Crippen LogP contribution < -0.4 is 15.4 Å². The van der Waals surface area contributed by atoms with E-state index in [4.69, 9.17) is 4.74 Å². The predicted molar refractivity (Wildman–Crippen MR) is 80.6 cm³/mol. The number of hydrogen-bond acceptors (Lipinski definition) is 3. The largest absolute Gasteiger partial charge is 0.493 e. The second-order valence-corrected chi connectivity index (χ2v) is 5.73. The van der Waals surface area contributed by atoms with Crippen molar-refractivity contribution < 1.29 is 22.7 Å². The van der Waals surface area contributed by atoms with Crippen molar-refractivity contribution in [3.8, 4) is 5.75 Å². The summed E-state index contributed by atoms with van der Waals surface area (Å²) in [6, 6.07) is 2.89. The Morgan fingerprint density at radius 2 is 2.17 bits per heavy atom. The smallest absolute Gasteiger partial charge is 0.262 e. The van der Waals surface area contributed by atoms with Crippen LogP contribution in [0.2, 0.25) is 0 Å². The highest BCUT2D eigenvalue weighted by Crippen LogP contribution is 2.32. The fourth-order valence-corrected chi connectivity index (χ4v) is 2.87. The molecule has 23 heavy (non-hydrogen) atoms. The minimum absolute atomic E-state index is 0. The first kappa shape index (κ1) is 17.9. The number of nitrogens with one attached hydrogen (secondary N) is 2. The molecule has 2 atom stereocenters. The van der Waals surface area contributed by atoms with Crippen molar-refractivity contribution in [1.82, 2.24) is 10.6 Å². The van der Waals surface area contributed by atoms with Gasteiger partial charge in [-0.25, -0.2) is 13.2 Å². The molecule has 0 radical (unpaired) electrons. The lowest BCUT2D eigenvalue weighted by atomic mass is 10.0. The van der Waals surface area contributed by atoms with E-state index in [1.807, 2.05) is 0 Å². The van der Waals surface area contributed by atoms with Gasteiger partial charge in [-0.05, 0) is 18.9 Å². The van der Waals surface area contributed by atoms with Gasteiger partial charge in [-0.15, -0.1) is 12.4 Å². The number of alkyl halides is 2. The molecule has 128 valence electrons.